The van der Waals surface area contributed by atoms with E-state index in [0.29, 0.717) is 29.8 Å². The zero-order chi connectivity index (χ0) is 21.0. The average molecular weight is 395 g/mol. The van der Waals surface area contributed by atoms with Crippen LogP contribution < -0.4 is 15.5 Å². The molecule has 0 aliphatic carbocycles. The third-order valence-electron chi connectivity index (χ3n) is 4.64. The van der Waals surface area contributed by atoms with Crippen LogP contribution in [0.3, 0.4) is 0 Å². The second-order valence-corrected chi connectivity index (χ2v) is 6.55. The van der Waals surface area contributed by atoms with E-state index in [1.54, 1.807) is 47.4 Å². The number of methoxy groups -OCH3 is 1. The fraction of sp³-hybridized carbons (Fsp3) is 0.238. The van der Waals surface area contributed by atoms with Gasteiger partial charge in [-0.1, -0.05) is 0 Å². The second kappa shape index (κ2) is 8.55. The molecule has 0 spiro atoms. The van der Waals surface area contributed by atoms with Gasteiger partial charge in [0.25, 0.3) is 11.8 Å². The molecule has 1 heterocycles. The summed E-state index contributed by atoms with van der Waals surface area (Å²) < 4.78 is 4.47. The third kappa shape index (κ3) is 4.60. The average Bonchev–Trinajstić information content (AvgIpc) is 3.15. The molecule has 2 aromatic rings. The molecule has 0 saturated heterocycles. The number of nitrogens with zero attached hydrogens (tertiary/aromatic N) is 1. The van der Waals surface area contributed by atoms with Gasteiger partial charge in [-0.2, -0.15) is 0 Å². The number of carbonyl (C=O) groups excluding carboxylic acids is 4. The first-order valence-electron chi connectivity index (χ1n) is 9.06. The Balaban J connectivity index is 1.63. The number of benzene rings is 2. The maximum atomic E-state index is 12.5. The zero-order valence-electron chi connectivity index (χ0n) is 16.2. The van der Waals surface area contributed by atoms with Crippen LogP contribution in [0.4, 0.5) is 11.4 Å². The Morgan fingerprint density at radius 2 is 1.69 bits per heavy atom. The summed E-state index contributed by atoms with van der Waals surface area (Å²) in [6, 6.07) is 11.6. The first-order valence-corrected chi connectivity index (χ1v) is 9.06. The minimum atomic E-state index is -0.539. The van der Waals surface area contributed by atoms with Crippen molar-refractivity contribution in [2.24, 2.45) is 0 Å². The largest absolute Gasteiger partial charge is 0.468 e. The van der Waals surface area contributed by atoms with Crippen LogP contribution in [-0.2, 0) is 20.7 Å². The van der Waals surface area contributed by atoms with Crippen molar-refractivity contribution in [2.75, 3.05) is 30.4 Å². The molecule has 8 heteroatoms. The number of esters is 1. The van der Waals surface area contributed by atoms with E-state index in [4.69, 9.17) is 0 Å². The lowest BCUT2D eigenvalue weighted by molar-refractivity contribution is -0.139. The van der Waals surface area contributed by atoms with Gasteiger partial charge in [0, 0.05) is 36.0 Å². The van der Waals surface area contributed by atoms with Gasteiger partial charge in [0.1, 0.15) is 6.54 Å². The van der Waals surface area contributed by atoms with Gasteiger partial charge in [-0.05, 0) is 54.4 Å². The van der Waals surface area contributed by atoms with Gasteiger partial charge in [0.15, 0.2) is 0 Å². The van der Waals surface area contributed by atoms with E-state index in [9.17, 15) is 19.2 Å². The number of hydrogen-bond donors (Lipinski definition) is 2. The van der Waals surface area contributed by atoms with Crippen molar-refractivity contribution in [2.45, 2.75) is 13.3 Å². The molecule has 3 rings (SSSR count). The van der Waals surface area contributed by atoms with Gasteiger partial charge in [-0.15, -0.1) is 0 Å². The van der Waals surface area contributed by atoms with Gasteiger partial charge in [-0.3, -0.25) is 19.2 Å². The summed E-state index contributed by atoms with van der Waals surface area (Å²) in [6.07, 6.45) is 0.714. The minimum Gasteiger partial charge on any atom is -0.468 e. The third-order valence-corrected chi connectivity index (χ3v) is 4.64. The minimum absolute atomic E-state index is 0.0170. The van der Waals surface area contributed by atoms with Gasteiger partial charge in [0.05, 0.1) is 7.11 Å². The van der Waals surface area contributed by atoms with E-state index < -0.39 is 11.9 Å². The summed E-state index contributed by atoms with van der Waals surface area (Å²) in [5, 5.41) is 5.23. The Morgan fingerprint density at radius 3 is 2.34 bits per heavy atom. The molecule has 0 radical (unpaired) electrons. The molecule has 0 bridgehead atoms. The van der Waals surface area contributed by atoms with Crippen molar-refractivity contribution in [1.29, 1.82) is 0 Å². The van der Waals surface area contributed by atoms with E-state index in [-0.39, 0.29) is 18.4 Å². The van der Waals surface area contributed by atoms with E-state index in [1.165, 1.54) is 14.0 Å². The van der Waals surface area contributed by atoms with Crippen molar-refractivity contribution in [3.05, 3.63) is 59.2 Å². The standard InChI is InChI=1S/C21H21N3O5/c1-13(25)24-10-9-15-11-16(5-8-18(15)24)21(28)23-17-6-3-14(4-7-17)20(27)22-12-19(26)29-2/h3-8,11H,9-10,12H2,1-2H3,(H,22,27)(H,23,28). The van der Waals surface area contributed by atoms with Crippen molar-refractivity contribution in [3.63, 3.8) is 0 Å². The zero-order valence-corrected chi connectivity index (χ0v) is 16.2. The number of anilines is 2. The molecular formula is C21H21N3O5. The monoisotopic (exact) mass is 395 g/mol. The Bertz CT molecular complexity index is 969. The predicted molar refractivity (Wildman–Crippen MR) is 107 cm³/mol. The van der Waals surface area contributed by atoms with Gasteiger partial charge >= 0.3 is 5.97 Å². The Morgan fingerprint density at radius 1 is 1.00 bits per heavy atom. The summed E-state index contributed by atoms with van der Waals surface area (Å²) in [5.41, 5.74) is 3.19. The molecule has 8 nitrogen and oxygen atoms in total. The number of fused-ring (bicyclic) bond motifs is 1. The molecule has 0 aromatic heterocycles. The summed E-state index contributed by atoms with van der Waals surface area (Å²) in [7, 11) is 1.24. The smallest absolute Gasteiger partial charge is 0.325 e. The number of carbonyl (C=O) groups is 4. The molecule has 1 aliphatic rings. The topological polar surface area (TPSA) is 105 Å². The quantitative estimate of drug-likeness (QED) is 0.751. The van der Waals surface area contributed by atoms with Crippen molar-refractivity contribution in [1.82, 2.24) is 5.32 Å². The molecule has 29 heavy (non-hydrogen) atoms. The molecule has 150 valence electrons. The van der Waals surface area contributed by atoms with Gasteiger partial charge in [0.2, 0.25) is 5.91 Å². The van der Waals surface area contributed by atoms with Crippen molar-refractivity contribution < 1.29 is 23.9 Å². The SMILES string of the molecule is COC(=O)CNC(=O)c1ccc(NC(=O)c2ccc3c(c2)CCN3C(C)=O)cc1. The molecule has 1 aliphatic heterocycles. The Hall–Kier alpha value is -3.68. The maximum Gasteiger partial charge on any atom is 0.325 e. The number of hydrogen-bond acceptors (Lipinski definition) is 5. The second-order valence-electron chi connectivity index (χ2n) is 6.55. The lowest BCUT2D eigenvalue weighted by atomic mass is 10.1. The number of amides is 3. The molecule has 0 fully saturated rings. The van der Waals surface area contributed by atoms with Crippen LogP contribution >= 0.6 is 0 Å². The van der Waals surface area contributed by atoms with Crippen LogP contribution in [0.1, 0.15) is 33.2 Å². The molecule has 0 atom stereocenters. The number of rotatable bonds is 5. The van der Waals surface area contributed by atoms with Crippen molar-refractivity contribution >= 4 is 35.1 Å². The fourth-order valence-electron chi connectivity index (χ4n) is 3.10. The van der Waals surface area contributed by atoms with Crippen molar-refractivity contribution in [3.8, 4) is 0 Å². The fourth-order valence-corrected chi connectivity index (χ4v) is 3.10. The molecular weight excluding hydrogens is 374 g/mol. The first kappa shape index (κ1) is 20.1. The van der Waals surface area contributed by atoms with E-state index >= 15 is 0 Å². The highest BCUT2D eigenvalue weighted by Crippen LogP contribution is 2.29. The van der Waals surface area contributed by atoms with Crippen LogP contribution in [0.25, 0.3) is 0 Å². The number of nitrogens with one attached hydrogen (secondary N) is 2. The van der Waals surface area contributed by atoms with Crippen LogP contribution in [0.15, 0.2) is 42.5 Å². The molecule has 0 saturated carbocycles. The van der Waals surface area contributed by atoms with Crippen LogP contribution in [0.5, 0.6) is 0 Å². The Labute approximate surface area is 167 Å². The highest BCUT2D eigenvalue weighted by molar-refractivity contribution is 6.05. The highest BCUT2D eigenvalue weighted by Gasteiger charge is 2.23. The van der Waals surface area contributed by atoms with Crippen LogP contribution in [0, 0.1) is 0 Å². The van der Waals surface area contributed by atoms with E-state index in [2.05, 4.69) is 15.4 Å². The summed E-state index contributed by atoms with van der Waals surface area (Å²) in [5.74, 6) is -1.25. The molecule has 2 N–H and O–H groups in total. The van der Waals surface area contributed by atoms with Gasteiger partial charge < -0.3 is 20.3 Å². The summed E-state index contributed by atoms with van der Waals surface area (Å²) in [4.78, 5) is 48.9. The normalized spacial score (nSPS) is 12.1. The van der Waals surface area contributed by atoms with Crippen LogP contribution in [-0.4, -0.2) is 43.9 Å². The van der Waals surface area contributed by atoms with E-state index in [0.717, 1.165) is 11.3 Å². The molecule has 2 aromatic carbocycles. The molecule has 3 amide bonds. The first-order chi connectivity index (χ1) is 13.9. The number of ether oxygens (including phenoxy) is 1. The lowest BCUT2D eigenvalue weighted by Crippen LogP contribution is -2.30. The van der Waals surface area contributed by atoms with E-state index in [1.807, 2.05) is 0 Å². The maximum absolute atomic E-state index is 12.5. The Kier molecular flexibility index (Phi) is 5.92. The van der Waals surface area contributed by atoms with Crippen LogP contribution in [0.2, 0.25) is 0 Å². The molecule has 0 unspecified atom stereocenters. The summed E-state index contributed by atoms with van der Waals surface area (Å²) >= 11 is 0. The lowest BCUT2D eigenvalue weighted by Gasteiger charge is -2.14. The highest BCUT2D eigenvalue weighted by atomic mass is 16.5. The van der Waals surface area contributed by atoms with Gasteiger partial charge in [-0.25, -0.2) is 0 Å². The predicted octanol–water partition coefficient (Wildman–Crippen LogP) is 1.75. The summed E-state index contributed by atoms with van der Waals surface area (Å²) in [6.45, 7) is 1.93.